The third-order valence-corrected chi connectivity index (χ3v) is 3.41. The molecule has 0 N–H and O–H groups in total. The molecule has 0 spiro atoms. The maximum absolute atomic E-state index is 12.2. The number of methoxy groups -OCH3 is 1. The molecule has 2 rings (SSSR count). The van der Waals surface area contributed by atoms with Gasteiger partial charge in [0.2, 0.25) is 0 Å². The van der Waals surface area contributed by atoms with Gasteiger partial charge in [-0.3, -0.25) is 0 Å². The minimum atomic E-state index is -0.406. The fraction of sp³-hybridized carbons (Fsp3) is 0.429. The maximum Gasteiger partial charge on any atom is 0.338 e. The van der Waals surface area contributed by atoms with Crippen molar-refractivity contribution in [3.63, 3.8) is 0 Å². The second-order valence-corrected chi connectivity index (χ2v) is 5.09. The van der Waals surface area contributed by atoms with E-state index in [1.165, 1.54) is 7.11 Å². The third kappa shape index (κ3) is 1.98. The zero-order valence-corrected chi connectivity index (χ0v) is 10.9. The van der Waals surface area contributed by atoms with Gasteiger partial charge in [0.15, 0.2) is 11.3 Å². The number of carbonyl (C=O) groups is 1. The van der Waals surface area contributed by atoms with Crippen LogP contribution in [0.1, 0.15) is 42.6 Å². The predicted octanol–water partition coefficient (Wildman–Crippen LogP) is 2.35. The Hall–Kier alpha value is -1.84. The number of hydroxylamine groups is 1. The van der Waals surface area contributed by atoms with Crippen LogP contribution in [0.4, 0.5) is 0 Å². The summed E-state index contributed by atoms with van der Waals surface area (Å²) in [6, 6.07) is 7.08. The molecule has 1 aromatic carbocycles. The van der Waals surface area contributed by atoms with Crippen LogP contribution in [0, 0.1) is 5.21 Å². The molecule has 18 heavy (non-hydrogen) atoms. The molecular formula is C14H17NO3. The van der Waals surface area contributed by atoms with Crippen LogP contribution in [-0.2, 0) is 4.74 Å². The molecule has 0 atom stereocenters. The Balaban J connectivity index is 2.53. The lowest BCUT2D eigenvalue weighted by atomic mass is 9.99. The first kappa shape index (κ1) is 12.6. The van der Waals surface area contributed by atoms with E-state index in [0.29, 0.717) is 23.3 Å². The van der Waals surface area contributed by atoms with Crippen LogP contribution in [-0.4, -0.2) is 29.1 Å². The van der Waals surface area contributed by atoms with E-state index in [0.717, 1.165) is 11.2 Å². The average Bonchev–Trinajstić information content (AvgIpc) is 2.64. The van der Waals surface area contributed by atoms with Crippen LogP contribution in [0.5, 0.6) is 0 Å². The molecule has 0 amide bonds. The Morgan fingerprint density at radius 3 is 2.61 bits per heavy atom. The van der Waals surface area contributed by atoms with Gasteiger partial charge < -0.3 is 9.94 Å². The number of esters is 1. The summed E-state index contributed by atoms with van der Waals surface area (Å²) in [6.07, 6.45) is 1.48. The van der Waals surface area contributed by atoms with E-state index >= 15 is 0 Å². The first-order valence-electron chi connectivity index (χ1n) is 5.98. The van der Waals surface area contributed by atoms with E-state index in [2.05, 4.69) is 0 Å². The Kier molecular flexibility index (Phi) is 3.11. The Morgan fingerprint density at radius 1 is 1.39 bits per heavy atom. The van der Waals surface area contributed by atoms with E-state index in [9.17, 15) is 10.0 Å². The van der Waals surface area contributed by atoms with Gasteiger partial charge in [-0.05, 0) is 12.1 Å². The summed E-state index contributed by atoms with van der Waals surface area (Å²) in [4.78, 5) is 11.7. The van der Waals surface area contributed by atoms with Crippen LogP contribution in [0.25, 0.3) is 0 Å². The van der Waals surface area contributed by atoms with Gasteiger partial charge in [0, 0.05) is 26.7 Å². The van der Waals surface area contributed by atoms with Gasteiger partial charge in [-0.2, -0.15) is 0 Å². The van der Waals surface area contributed by atoms with Crippen LogP contribution in [0.2, 0.25) is 0 Å². The molecule has 0 saturated heterocycles. The summed E-state index contributed by atoms with van der Waals surface area (Å²) >= 11 is 0. The molecule has 0 bridgehead atoms. The van der Waals surface area contributed by atoms with Gasteiger partial charge in [-0.25, -0.2) is 9.53 Å². The quantitative estimate of drug-likeness (QED) is 0.458. The van der Waals surface area contributed by atoms with Crippen LogP contribution in [0.15, 0.2) is 24.3 Å². The molecule has 1 heterocycles. The van der Waals surface area contributed by atoms with Crippen molar-refractivity contribution in [1.82, 2.24) is 0 Å². The SMILES string of the molecule is COC(=O)c1ccccc1C1=[N+]([O-])C(C)(C)CC1. The fourth-order valence-electron chi connectivity index (χ4n) is 2.26. The molecular weight excluding hydrogens is 230 g/mol. The normalized spacial score (nSPS) is 17.9. The summed E-state index contributed by atoms with van der Waals surface area (Å²) in [7, 11) is 1.34. The number of nitrogens with zero attached hydrogens (tertiary/aromatic N) is 1. The summed E-state index contributed by atoms with van der Waals surface area (Å²) in [5, 5.41) is 12.2. The number of carbonyl (C=O) groups excluding carboxylic acids is 1. The molecule has 0 saturated carbocycles. The van der Waals surface area contributed by atoms with E-state index in [-0.39, 0.29) is 0 Å². The molecule has 4 heteroatoms. The van der Waals surface area contributed by atoms with Crippen LogP contribution < -0.4 is 0 Å². The number of hydrogen-bond donors (Lipinski definition) is 0. The highest BCUT2D eigenvalue weighted by Crippen LogP contribution is 2.27. The van der Waals surface area contributed by atoms with Gasteiger partial charge in [0.05, 0.1) is 18.2 Å². The summed E-state index contributed by atoms with van der Waals surface area (Å²) < 4.78 is 5.77. The molecule has 1 aliphatic rings. The lowest BCUT2D eigenvalue weighted by Crippen LogP contribution is -2.29. The molecule has 1 aliphatic heterocycles. The van der Waals surface area contributed by atoms with Crippen molar-refractivity contribution in [3.05, 3.63) is 40.6 Å². The Labute approximate surface area is 106 Å². The van der Waals surface area contributed by atoms with Crippen molar-refractivity contribution in [2.24, 2.45) is 0 Å². The number of rotatable bonds is 2. The highest BCUT2D eigenvalue weighted by atomic mass is 16.5. The van der Waals surface area contributed by atoms with Crippen LogP contribution >= 0.6 is 0 Å². The van der Waals surface area contributed by atoms with Crippen molar-refractivity contribution in [1.29, 1.82) is 0 Å². The van der Waals surface area contributed by atoms with Crippen molar-refractivity contribution >= 4 is 11.7 Å². The van der Waals surface area contributed by atoms with E-state index in [1.807, 2.05) is 19.9 Å². The zero-order valence-electron chi connectivity index (χ0n) is 10.9. The second kappa shape index (κ2) is 4.44. The van der Waals surface area contributed by atoms with E-state index in [4.69, 9.17) is 4.74 Å². The first-order chi connectivity index (χ1) is 8.47. The molecule has 0 aromatic heterocycles. The molecule has 0 unspecified atom stereocenters. The van der Waals surface area contributed by atoms with Gasteiger partial charge in [-0.15, -0.1) is 0 Å². The Bertz CT molecular complexity index is 518. The van der Waals surface area contributed by atoms with Crippen molar-refractivity contribution in [2.75, 3.05) is 7.11 Å². The maximum atomic E-state index is 12.2. The van der Waals surface area contributed by atoms with Crippen molar-refractivity contribution in [2.45, 2.75) is 32.2 Å². The fourth-order valence-corrected chi connectivity index (χ4v) is 2.26. The standard InChI is InChI=1S/C14H17NO3/c1-14(2)9-8-12(15(14)17)10-6-4-5-7-11(10)13(16)18-3/h4-7H,8-9H2,1-3H3. The molecule has 0 fully saturated rings. The number of ether oxygens (including phenoxy) is 1. The van der Waals surface area contributed by atoms with E-state index < -0.39 is 11.5 Å². The molecule has 0 aliphatic carbocycles. The third-order valence-electron chi connectivity index (χ3n) is 3.41. The number of benzene rings is 1. The second-order valence-electron chi connectivity index (χ2n) is 5.09. The molecule has 0 radical (unpaired) electrons. The van der Waals surface area contributed by atoms with E-state index in [1.54, 1.807) is 18.2 Å². The summed E-state index contributed by atoms with van der Waals surface area (Å²) in [5.41, 5.74) is 1.40. The number of hydrogen-bond acceptors (Lipinski definition) is 3. The first-order valence-corrected chi connectivity index (χ1v) is 5.98. The largest absolute Gasteiger partial charge is 0.623 e. The summed E-state index contributed by atoms with van der Waals surface area (Å²) in [5.74, 6) is -0.406. The molecule has 96 valence electrons. The highest BCUT2D eigenvalue weighted by Gasteiger charge is 2.38. The van der Waals surface area contributed by atoms with Crippen molar-refractivity contribution < 1.29 is 14.3 Å². The smallest absolute Gasteiger partial charge is 0.338 e. The zero-order chi connectivity index (χ0) is 13.3. The molecule has 1 aromatic rings. The van der Waals surface area contributed by atoms with Gasteiger partial charge in [-0.1, -0.05) is 12.1 Å². The minimum absolute atomic E-state index is 0.404. The van der Waals surface area contributed by atoms with Gasteiger partial charge in [0.25, 0.3) is 0 Å². The lowest BCUT2D eigenvalue weighted by molar-refractivity contribution is -0.530. The van der Waals surface area contributed by atoms with Crippen LogP contribution in [0.3, 0.4) is 0 Å². The van der Waals surface area contributed by atoms with Gasteiger partial charge >= 0.3 is 5.97 Å². The highest BCUT2D eigenvalue weighted by molar-refractivity contribution is 6.07. The minimum Gasteiger partial charge on any atom is -0.623 e. The monoisotopic (exact) mass is 247 g/mol. The van der Waals surface area contributed by atoms with Gasteiger partial charge in [0.1, 0.15) is 0 Å². The topological polar surface area (TPSA) is 52.4 Å². The predicted molar refractivity (Wildman–Crippen MR) is 68.8 cm³/mol. The Morgan fingerprint density at radius 2 is 2.06 bits per heavy atom. The van der Waals surface area contributed by atoms with Crippen molar-refractivity contribution in [3.8, 4) is 0 Å². The molecule has 4 nitrogen and oxygen atoms in total. The lowest BCUT2D eigenvalue weighted by Gasteiger charge is -2.18. The summed E-state index contributed by atoms with van der Waals surface area (Å²) in [6.45, 7) is 3.82. The average molecular weight is 247 g/mol.